The van der Waals surface area contributed by atoms with Crippen LogP contribution in [0.2, 0.25) is 6.82 Å². The molecule has 1 N–H and O–H groups in total. The van der Waals surface area contributed by atoms with Gasteiger partial charge in [0.25, 0.3) is 0 Å². The van der Waals surface area contributed by atoms with E-state index in [1.807, 2.05) is 73.6 Å². The molecule has 1 aliphatic rings. The summed E-state index contributed by atoms with van der Waals surface area (Å²) in [6.07, 6.45) is 0. The van der Waals surface area contributed by atoms with Crippen LogP contribution in [-0.2, 0) is 17.8 Å². The van der Waals surface area contributed by atoms with Crippen LogP contribution >= 0.6 is 0 Å². The van der Waals surface area contributed by atoms with Crippen LogP contribution < -0.4 is 20.4 Å². The molecule has 6 heteroatoms. The first kappa shape index (κ1) is 19.1. The van der Waals surface area contributed by atoms with Gasteiger partial charge in [-0.3, -0.25) is 4.90 Å². The van der Waals surface area contributed by atoms with Crippen LogP contribution in [0, 0.1) is 0 Å². The summed E-state index contributed by atoms with van der Waals surface area (Å²) >= 11 is 0. The summed E-state index contributed by atoms with van der Waals surface area (Å²) in [4.78, 5) is 14.9. The Bertz CT molecular complexity index is 993. The van der Waals surface area contributed by atoms with E-state index in [2.05, 4.69) is 11.4 Å². The molecule has 29 heavy (non-hydrogen) atoms. The lowest BCUT2D eigenvalue weighted by Crippen LogP contribution is -2.35. The van der Waals surface area contributed by atoms with Gasteiger partial charge in [0.05, 0.1) is 20.3 Å². The number of amides is 2. The van der Waals surface area contributed by atoms with E-state index in [-0.39, 0.29) is 12.9 Å². The van der Waals surface area contributed by atoms with Crippen molar-refractivity contribution in [2.75, 3.05) is 17.3 Å². The average molecular weight is 386 g/mol. The topological polar surface area (TPSA) is 50.8 Å². The van der Waals surface area contributed by atoms with Gasteiger partial charge in [-0.05, 0) is 53.0 Å². The number of urea groups is 1. The number of fused-ring (bicyclic) bond motifs is 1. The second kappa shape index (κ2) is 8.41. The van der Waals surface area contributed by atoms with Crippen molar-refractivity contribution in [2.24, 2.45) is 0 Å². The number of para-hydroxylation sites is 1. The number of methoxy groups -OCH3 is 1. The van der Waals surface area contributed by atoms with Crippen molar-refractivity contribution in [3.05, 3.63) is 83.9 Å². The first-order chi connectivity index (χ1) is 14.1. The van der Waals surface area contributed by atoms with E-state index in [1.165, 1.54) is 5.56 Å². The first-order valence-corrected chi connectivity index (χ1v) is 9.65. The van der Waals surface area contributed by atoms with E-state index in [9.17, 15) is 4.79 Å². The van der Waals surface area contributed by atoms with E-state index in [4.69, 9.17) is 9.39 Å². The Hall–Kier alpha value is -3.25. The zero-order valence-electron chi connectivity index (χ0n) is 16.6. The van der Waals surface area contributed by atoms with Gasteiger partial charge in [-0.1, -0.05) is 43.2 Å². The highest BCUT2D eigenvalue weighted by atomic mass is 16.5. The highest BCUT2D eigenvalue weighted by molar-refractivity contribution is 6.67. The molecule has 4 rings (SSSR count). The third-order valence-electron chi connectivity index (χ3n) is 5.14. The molecular formula is C23H23BN2O3. The van der Waals surface area contributed by atoms with Gasteiger partial charge in [-0.25, -0.2) is 4.79 Å². The van der Waals surface area contributed by atoms with Crippen molar-refractivity contribution >= 4 is 29.8 Å². The number of carbonyl (C=O) groups is 1. The minimum atomic E-state index is -0.182. The normalized spacial score (nSPS) is 12.4. The third kappa shape index (κ3) is 4.28. The van der Waals surface area contributed by atoms with Crippen molar-refractivity contribution in [3.63, 3.8) is 0 Å². The third-order valence-corrected chi connectivity index (χ3v) is 5.14. The molecule has 3 aromatic rings. The largest absolute Gasteiger partial charge is 0.497 e. The quantitative estimate of drug-likeness (QED) is 0.666. The van der Waals surface area contributed by atoms with Gasteiger partial charge in [0.2, 0.25) is 0 Å². The minimum absolute atomic E-state index is 0.0324. The number of hydrogen-bond donors (Lipinski definition) is 1. The Morgan fingerprint density at radius 3 is 2.59 bits per heavy atom. The van der Waals surface area contributed by atoms with Gasteiger partial charge < -0.3 is 14.7 Å². The van der Waals surface area contributed by atoms with Gasteiger partial charge in [0, 0.05) is 11.4 Å². The molecule has 0 radical (unpaired) electrons. The number of carbonyl (C=O) groups excluding carboxylic acids is 1. The Balaban J connectivity index is 1.64. The van der Waals surface area contributed by atoms with E-state index < -0.39 is 0 Å². The number of benzene rings is 3. The van der Waals surface area contributed by atoms with E-state index >= 15 is 0 Å². The minimum Gasteiger partial charge on any atom is -0.497 e. The van der Waals surface area contributed by atoms with Crippen molar-refractivity contribution in [1.29, 1.82) is 0 Å². The molecule has 0 bridgehead atoms. The van der Waals surface area contributed by atoms with Crippen LogP contribution in [0.5, 0.6) is 5.75 Å². The van der Waals surface area contributed by atoms with Crippen LogP contribution in [0.1, 0.15) is 11.1 Å². The summed E-state index contributed by atoms with van der Waals surface area (Å²) in [5.41, 5.74) is 4.92. The fourth-order valence-electron chi connectivity index (χ4n) is 3.47. The zero-order chi connectivity index (χ0) is 20.2. The van der Waals surface area contributed by atoms with Crippen molar-refractivity contribution in [2.45, 2.75) is 20.0 Å². The molecule has 0 aliphatic carbocycles. The molecule has 0 aromatic heterocycles. The molecule has 0 unspecified atom stereocenters. The monoisotopic (exact) mass is 386 g/mol. The van der Waals surface area contributed by atoms with E-state index in [0.717, 1.165) is 28.2 Å². The molecular weight excluding hydrogens is 363 g/mol. The number of ether oxygens (including phenoxy) is 1. The number of nitrogens with one attached hydrogen (secondary N) is 1. The number of anilines is 2. The molecule has 3 aromatic carbocycles. The lowest BCUT2D eigenvalue weighted by molar-refractivity contribution is 0.256. The Morgan fingerprint density at radius 2 is 1.86 bits per heavy atom. The predicted octanol–water partition coefficient (Wildman–Crippen LogP) is 4.29. The van der Waals surface area contributed by atoms with Crippen molar-refractivity contribution in [1.82, 2.24) is 0 Å². The van der Waals surface area contributed by atoms with Gasteiger partial charge in [-0.2, -0.15) is 0 Å². The predicted molar refractivity (Wildman–Crippen MR) is 117 cm³/mol. The van der Waals surface area contributed by atoms with Gasteiger partial charge in [0.1, 0.15) is 5.75 Å². The second-order valence-electron chi connectivity index (χ2n) is 7.07. The van der Waals surface area contributed by atoms with E-state index in [0.29, 0.717) is 13.2 Å². The summed E-state index contributed by atoms with van der Waals surface area (Å²) in [7, 11) is 1.64. The number of hydrogen-bond acceptors (Lipinski definition) is 3. The maximum Gasteiger partial charge on any atom is 0.326 e. The summed E-state index contributed by atoms with van der Waals surface area (Å²) < 4.78 is 11.0. The molecule has 2 amide bonds. The van der Waals surface area contributed by atoms with Crippen LogP contribution in [0.3, 0.4) is 0 Å². The van der Waals surface area contributed by atoms with Crippen molar-refractivity contribution in [3.8, 4) is 5.75 Å². The smallest absolute Gasteiger partial charge is 0.326 e. The summed E-state index contributed by atoms with van der Waals surface area (Å²) in [6, 6.07) is 23.1. The highest BCUT2D eigenvalue weighted by Gasteiger charge is 2.25. The fourth-order valence-corrected chi connectivity index (χ4v) is 3.47. The molecule has 5 nitrogen and oxygen atoms in total. The SMILES string of the molecule is COc1ccc(CN(C(=O)Nc2ccccc2)c2ccc3c(c2)B(C)OC3)cc1. The van der Waals surface area contributed by atoms with Crippen molar-refractivity contribution < 1.29 is 14.2 Å². The summed E-state index contributed by atoms with van der Waals surface area (Å²) in [5.74, 6) is 0.789. The van der Waals surface area contributed by atoms with Gasteiger partial charge >= 0.3 is 12.9 Å². The fraction of sp³-hybridized carbons (Fsp3) is 0.174. The Morgan fingerprint density at radius 1 is 1.10 bits per heavy atom. The van der Waals surface area contributed by atoms with Gasteiger partial charge in [-0.15, -0.1) is 0 Å². The highest BCUT2D eigenvalue weighted by Crippen LogP contribution is 2.23. The van der Waals surface area contributed by atoms with Crippen LogP contribution in [0.25, 0.3) is 0 Å². The molecule has 1 aliphatic heterocycles. The molecule has 1 heterocycles. The van der Waals surface area contributed by atoms with Crippen LogP contribution in [0.15, 0.2) is 72.8 Å². The zero-order valence-corrected chi connectivity index (χ0v) is 16.6. The van der Waals surface area contributed by atoms with Crippen LogP contribution in [-0.4, -0.2) is 20.1 Å². The standard InChI is InChI=1S/C23H23BN2O3/c1-24-22-14-20(11-10-18(22)16-29-24)26(15-17-8-12-21(28-2)13-9-17)23(27)25-19-6-4-3-5-7-19/h3-14H,15-16H2,1-2H3,(H,25,27). The summed E-state index contributed by atoms with van der Waals surface area (Å²) in [6.45, 7) is 3.13. The molecule has 0 atom stereocenters. The number of rotatable bonds is 5. The van der Waals surface area contributed by atoms with E-state index in [1.54, 1.807) is 12.0 Å². The maximum atomic E-state index is 13.2. The maximum absolute atomic E-state index is 13.2. The molecule has 0 saturated carbocycles. The Kier molecular flexibility index (Phi) is 5.54. The van der Waals surface area contributed by atoms with Crippen LogP contribution in [0.4, 0.5) is 16.2 Å². The average Bonchev–Trinajstić information content (AvgIpc) is 3.13. The molecule has 0 fully saturated rings. The summed E-state index contributed by atoms with van der Waals surface area (Å²) in [5, 5.41) is 2.99. The molecule has 0 saturated heterocycles. The molecule has 146 valence electrons. The Labute approximate surface area is 171 Å². The molecule has 0 spiro atoms. The number of nitrogens with zero attached hydrogens (tertiary/aromatic N) is 1. The first-order valence-electron chi connectivity index (χ1n) is 9.65. The second-order valence-corrected chi connectivity index (χ2v) is 7.07. The van der Waals surface area contributed by atoms with Gasteiger partial charge in [0.15, 0.2) is 0 Å². The lowest BCUT2D eigenvalue weighted by atomic mass is 9.64. The lowest BCUT2D eigenvalue weighted by Gasteiger charge is -2.24.